The van der Waals surface area contributed by atoms with E-state index < -0.39 is 0 Å². The van der Waals surface area contributed by atoms with Crippen LogP contribution in [0.2, 0.25) is 0 Å². The molecule has 22 heavy (non-hydrogen) atoms. The van der Waals surface area contributed by atoms with Gasteiger partial charge in [0.25, 0.3) is 0 Å². The van der Waals surface area contributed by atoms with Crippen LogP contribution in [0.1, 0.15) is 34.6 Å². The number of carbonyl (C=O) groups is 1. The number of fused-ring (bicyclic) bond motifs is 1. The Bertz CT molecular complexity index is 684. The van der Waals surface area contributed by atoms with Crippen molar-refractivity contribution in [1.29, 1.82) is 0 Å². The van der Waals surface area contributed by atoms with Crippen LogP contribution in [0.3, 0.4) is 0 Å². The smallest absolute Gasteiger partial charge is 0.202 e. The molecule has 0 N–H and O–H groups in total. The fourth-order valence-electron chi connectivity index (χ4n) is 2.50. The number of hydrogen-bond donors (Lipinski definition) is 0. The molecule has 1 aliphatic heterocycles. The van der Waals surface area contributed by atoms with Crippen molar-refractivity contribution in [3.63, 3.8) is 0 Å². The summed E-state index contributed by atoms with van der Waals surface area (Å²) >= 11 is 3.24. The van der Waals surface area contributed by atoms with Crippen molar-refractivity contribution in [2.24, 2.45) is 7.05 Å². The lowest BCUT2D eigenvalue weighted by molar-refractivity contribution is 0.0980. The highest BCUT2D eigenvalue weighted by molar-refractivity contribution is 8.01. The summed E-state index contributed by atoms with van der Waals surface area (Å²) in [7, 11) is 3.92. The summed E-state index contributed by atoms with van der Waals surface area (Å²) in [6.07, 6.45) is 1.09. The zero-order chi connectivity index (χ0) is 15.7. The maximum atomic E-state index is 13.0. The number of carbonyl (C=O) groups excluding carboxylic acids is 1. The average Bonchev–Trinajstić information content (AvgIpc) is 2.87. The minimum absolute atomic E-state index is 0.141. The van der Waals surface area contributed by atoms with Crippen molar-refractivity contribution in [3.05, 3.63) is 41.6 Å². The van der Waals surface area contributed by atoms with Crippen molar-refractivity contribution in [2.75, 3.05) is 17.1 Å². The van der Waals surface area contributed by atoms with E-state index in [0.717, 1.165) is 28.7 Å². The monoisotopic (exact) mass is 333 g/mol. The molecule has 3 rings (SSSR count). The number of nitrogens with zero attached hydrogens (tertiary/aromatic N) is 3. The van der Waals surface area contributed by atoms with E-state index in [2.05, 4.69) is 11.9 Å². The van der Waals surface area contributed by atoms with Crippen LogP contribution in [0, 0.1) is 0 Å². The SMILES string of the molecule is CCCSc1nc2c(n1C)C(=O)C(c1ccccc1)SN2C. The van der Waals surface area contributed by atoms with E-state index in [1.165, 1.54) is 11.9 Å². The zero-order valence-corrected chi connectivity index (χ0v) is 14.6. The van der Waals surface area contributed by atoms with Gasteiger partial charge in [-0.15, -0.1) is 0 Å². The molecule has 116 valence electrons. The van der Waals surface area contributed by atoms with E-state index >= 15 is 0 Å². The maximum absolute atomic E-state index is 13.0. The fourth-order valence-corrected chi connectivity index (χ4v) is 4.35. The molecule has 1 aliphatic rings. The minimum Gasteiger partial charge on any atom is -0.318 e. The number of anilines is 1. The third kappa shape index (κ3) is 2.65. The standard InChI is InChI=1S/C16H19N3OS2/c1-4-10-21-16-17-15-12(18(16)2)13(20)14(22-19(15)3)11-8-6-5-7-9-11/h5-9,14H,4,10H2,1-3H3. The summed E-state index contributed by atoms with van der Waals surface area (Å²) in [4.78, 5) is 17.6. The van der Waals surface area contributed by atoms with Crippen LogP contribution in [0.15, 0.2) is 35.5 Å². The topological polar surface area (TPSA) is 38.1 Å². The number of aromatic nitrogens is 2. The molecular formula is C16H19N3OS2. The summed E-state index contributed by atoms with van der Waals surface area (Å²) in [5, 5.41) is 0.722. The molecule has 1 aromatic heterocycles. The molecule has 4 nitrogen and oxygen atoms in total. The Morgan fingerprint density at radius 1 is 1.27 bits per heavy atom. The summed E-state index contributed by atoms with van der Waals surface area (Å²) in [6, 6.07) is 9.95. The second-order valence-corrected chi connectivity index (χ2v) is 7.52. The lowest BCUT2D eigenvalue weighted by Crippen LogP contribution is -2.26. The van der Waals surface area contributed by atoms with Gasteiger partial charge in [0.2, 0.25) is 5.78 Å². The van der Waals surface area contributed by atoms with E-state index in [4.69, 9.17) is 0 Å². The third-order valence-corrected chi connectivity index (χ3v) is 6.03. The molecule has 0 saturated carbocycles. The predicted molar refractivity (Wildman–Crippen MR) is 93.7 cm³/mol. The Balaban J connectivity index is 1.99. The van der Waals surface area contributed by atoms with Crippen molar-refractivity contribution < 1.29 is 4.79 Å². The molecule has 0 bridgehead atoms. The number of benzene rings is 1. The minimum atomic E-state index is -0.196. The molecular weight excluding hydrogens is 314 g/mol. The largest absolute Gasteiger partial charge is 0.318 e. The maximum Gasteiger partial charge on any atom is 0.202 e. The van der Waals surface area contributed by atoms with Crippen LogP contribution in [0.5, 0.6) is 0 Å². The lowest BCUT2D eigenvalue weighted by Gasteiger charge is -2.28. The van der Waals surface area contributed by atoms with Gasteiger partial charge < -0.3 is 8.87 Å². The molecule has 1 unspecified atom stereocenters. The van der Waals surface area contributed by atoms with Gasteiger partial charge in [-0.05, 0) is 23.9 Å². The molecule has 0 amide bonds. The average molecular weight is 333 g/mol. The number of ketones is 1. The van der Waals surface area contributed by atoms with Crippen molar-refractivity contribution >= 4 is 35.3 Å². The first-order valence-corrected chi connectivity index (χ1v) is 9.14. The molecule has 0 fully saturated rings. The molecule has 2 heterocycles. The number of hydrogen-bond acceptors (Lipinski definition) is 5. The Morgan fingerprint density at radius 2 is 2.00 bits per heavy atom. The Kier molecular flexibility index (Phi) is 4.49. The van der Waals surface area contributed by atoms with Gasteiger partial charge in [-0.2, -0.15) is 0 Å². The molecule has 1 aromatic carbocycles. The van der Waals surface area contributed by atoms with Gasteiger partial charge in [-0.25, -0.2) is 4.98 Å². The van der Waals surface area contributed by atoms with E-state index in [1.54, 1.807) is 11.8 Å². The van der Waals surface area contributed by atoms with E-state index in [1.807, 2.05) is 53.3 Å². The molecule has 1 atom stereocenters. The van der Waals surface area contributed by atoms with Gasteiger partial charge >= 0.3 is 0 Å². The summed E-state index contributed by atoms with van der Waals surface area (Å²) in [5.74, 6) is 1.93. The second-order valence-electron chi connectivity index (χ2n) is 5.23. The molecule has 0 saturated heterocycles. The Hall–Kier alpha value is -1.40. The number of rotatable bonds is 4. The second kappa shape index (κ2) is 6.38. The van der Waals surface area contributed by atoms with E-state index in [-0.39, 0.29) is 11.0 Å². The highest BCUT2D eigenvalue weighted by atomic mass is 32.2. The third-order valence-electron chi connectivity index (χ3n) is 3.61. The molecule has 0 spiro atoms. The quantitative estimate of drug-likeness (QED) is 0.626. The molecule has 0 radical (unpaired) electrons. The molecule has 6 heteroatoms. The van der Waals surface area contributed by atoms with Gasteiger partial charge in [-0.1, -0.05) is 49.0 Å². The summed E-state index contributed by atoms with van der Waals surface area (Å²) in [5.41, 5.74) is 1.76. The van der Waals surface area contributed by atoms with Crippen LogP contribution >= 0.6 is 23.7 Å². The highest BCUT2D eigenvalue weighted by Gasteiger charge is 2.37. The van der Waals surface area contributed by atoms with Crippen LogP contribution in [-0.4, -0.2) is 28.1 Å². The first-order valence-electron chi connectivity index (χ1n) is 7.32. The zero-order valence-electron chi connectivity index (χ0n) is 12.9. The number of thioether (sulfide) groups is 1. The van der Waals surface area contributed by atoms with Crippen LogP contribution < -0.4 is 4.31 Å². The summed E-state index contributed by atoms with van der Waals surface area (Å²) in [6.45, 7) is 2.15. The first-order chi connectivity index (χ1) is 10.6. The van der Waals surface area contributed by atoms with Crippen LogP contribution in [0.25, 0.3) is 0 Å². The van der Waals surface area contributed by atoms with Crippen molar-refractivity contribution in [1.82, 2.24) is 9.55 Å². The Labute approximate surface area is 139 Å². The van der Waals surface area contributed by atoms with Gasteiger partial charge in [0.05, 0.1) is 0 Å². The normalized spacial score (nSPS) is 17.7. The number of imidazole rings is 1. The number of Topliss-reactive ketones (excluding diaryl/α,β-unsaturated/α-hetero) is 1. The predicted octanol–water partition coefficient (Wildman–Crippen LogP) is 3.94. The van der Waals surface area contributed by atoms with Gasteiger partial charge in [0.1, 0.15) is 10.9 Å². The highest BCUT2D eigenvalue weighted by Crippen LogP contribution is 2.44. The van der Waals surface area contributed by atoms with Gasteiger partial charge in [0.15, 0.2) is 11.0 Å². The van der Waals surface area contributed by atoms with Crippen molar-refractivity contribution in [2.45, 2.75) is 23.8 Å². The lowest BCUT2D eigenvalue weighted by atomic mass is 10.1. The van der Waals surface area contributed by atoms with Crippen LogP contribution in [0.4, 0.5) is 5.82 Å². The summed E-state index contributed by atoms with van der Waals surface area (Å²) < 4.78 is 3.97. The molecule has 2 aromatic rings. The van der Waals surface area contributed by atoms with Gasteiger partial charge in [0, 0.05) is 19.8 Å². The van der Waals surface area contributed by atoms with Gasteiger partial charge in [-0.3, -0.25) is 4.79 Å². The van der Waals surface area contributed by atoms with Crippen LogP contribution in [-0.2, 0) is 7.05 Å². The Morgan fingerprint density at radius 3 is 2.68 bits per heavy atom. The van der Waals surface area contributed by atoms with Crippen molar-refractivity contribution in [3.8, 4) is 0 Å². The van der Waals surface area contributed by atoms with E-state index in [0.29, 0.717) is 5.69 Å². The first kappa shape index (κ1) is 15.5. The fraction of sp³-hybridized carbons (Fsp3) is 0.375. The van der Waals surface area contributed by atoms with E-state index in [9.17, 15) is 4.79 Å². The molecule has 0 aliphatic carbocycles.